The van der Waals surface area contributed by atoms with E-state index in [-0.39, 0.29) is 11.3 Å². The zero-order valence-electron chi connectivity index (χ0n) is 9.71. The second-order valence-corrected chi connectivity index (χ2v) is 4.03. The van der Waals surface area contributed by atoms with Gasteiger partial charge in [-0.05, 0) is 25.1 Å². The highest BCUT2D eigenvalue weighted by Gasteiger charge is 2.30. The fraction of sp³-hybridized carbons (Fsp3) is 0.364. The Morgan fingerprint density at radius 1 is 1.44 bits per heavy atom. The molecule has 1 aromatic carbocycles. The largest absolute Gasteiger partial charge is 0.399 e. The summed E-state index contributed by atoms with van der Waals surface area (Å²) in [5.74, 6) is -0.725. The zero-order valence-corrected chi connectivity index (χ0v) is 9.71. The van der Waals surface area contributed by atoms with Crippen molar-refractivity contribution in [3.05, 3.63) is 23.8 Å². The molecule has 5 N–H and O–H groups in total. The van der Waals surface area contributed by atoms with E-state index in [9.17, 15) is 18.0 Å². The second kappa shape index (κ2) is 5.16. The van der Waals surface area contributed by atoms with Crippen LogP contribution in [0.25, 0.3) is 0 Å². The molecular weight excluding hydrogens is 247 g/mol. The third-order valence-electron chi connectivity index (χ3n) is 2.25. The highest BCUT2D eigenvalue weighted by atomic mass is 19.4. The molecule has 1 atom stereocenters. The summed E-state index contributed by atoms with van der Waals surface area (Å²) >= 11 is 0. The van der Waals surface area contributed by atoms with E-state index < -0.39 is 24.5 Å². The highest BCUT2D eigenvalue weighted by molar-refractivity contribution is 5.99. The maximum atomic E-state index is 12.2. The van der Waals surface area contributed by atoms with Crippen molar-refractivity contribution in [1.29, 1.82) is 0 Å². The molecular formula is C11H14F3N3O. The Morgan fingerprint density at radius 3 is 2.56 bits per heavy atom. The summed E-state index contributed by atoms with van der Waals surface area (Å²) in [7, 11) is 0. The number of anilines is 2. The van der Waals surface area contributed by atoms with Gasteiger partial charge in [-0.2, -0.15) is 13.2 Å². The lowest BCUT2D eigenvalue weighted by Gasteiger charge is -2.18. The number of nitrogens with two attached hydrogens (primary N) is 2. The van der Waals surface area contributed by atoms with Crippen LogP contribution in [-0.2, 0) is 0 Å². The molecule has 100 valence electrons. The van der Waals surface area contributed by atoms with Gasteiger partial charge in [0.2, 0.25) is 0 Å². The van der Waals surface area contributed by atoms with E-state index in [1.807, 2.05) is 0 Å². The number of carbonyl (C=O) groups excluding carboxylic acids is 1. The molecule has 4 nitrogen and oxygen atoms in total. The van der Waals surface area contributed by atoms with Crippen LogP contribution >= 0.6 is 0 Å². The topological polar surface area (TPSA) is 81.1 Å². The first kappa shape index (κ1) is 14.1. The molecule has 0 bridgehead atoms. The SMILES string of the molecule is CC(CC(F)(F)F)Nc1cc(N)ccc1C(N)=O. The van der Waals surface area contributed by atoms with Gasteiger partial charge in [-0.15, -0.1) is 0 Å². The summed E-state index contributed by atoms with van der Waals surface area (Å²) < 4.78 is 36.6. The average molecular weight is 261 g/mol. The lowest BCUT2D eigenvalue weighted by molar-refractivity contribution is -0.136. The third-order valence-corrected chi connectivity index (χ3v) is 2.25. The molecule has 0 saturated carbocycles. The number of nitrogen functional groups attached to an aromatic ring is 1. The Kier molecular flexibility index (Phi) is 4.05. The van der Waals surface area contributed by atoms with Crippen LogP contribution in [0.2, 0.25) is 0 Å². The lowest BCUT2D eigenvalue weighted by atomic mass is 10.1. The van der Waals surface area contributed by atoms with E-state index in [0.29, 0.717) is 5.69 Å². The van der Waals surface area contributed by atoms with Crippen molar-refractivity contribution < 1.29 is 18.0 Å². The molecule has 7 heteroatoms. The molecule has 1 aromatic rings. The number of amides is 1. The summed E-state index contributed by atoms with van der Waals surface area (Å²) in [6.07, 6.45) is -5.29. The fourth-order valence-corrected chi connectivity index (χ4v) is 1.56. The van der Waals surface area contributed by atoms with Crippen LogP contribution in [0, 0.1) is 0 Å². The first-order valence-electron chi connectivity index (χ1n) is 5.21. The molecule has 0 spiro atoms. The van der Waals surface area contributed by atoms with Gasteiger partial charge in [0.05, 0.1) is 12.0 Å². The molecule has 1 unspecified atom stereocenters. The Labute approximate surface area is 102 Å². The minimum absolute atomic E-state index is 0.109. The number of hydrogen-bond acceptors (Lipinski definition) is 3. The molecule has 1 amide bonds. The van der Waals surface area contributed by atoms with Gasteiger partial charge < -0.3 is 16.8 Å². The number of benzene rings is 1. The quantitative estimate of drug-likeness (QED) is 0.726. The minimum atomic E-state index is -4.28. The number of carbonyl (C=O) groups is 1. The summed E-state index contributed by atoms with van der Waals surface area (Å²) in [5, 5.41) is 2.59. The molecule has 0 saturated heterocycles. The average Bonchev–Trinajstić information content (AvgIpc) is 2.13. The smallest absolute Gasteiger partial charge is 0.391 e. The standard InChI is InChI=1S/C11H14F3N3O/c1-6(5-11(12,13)14)17-9-4-7(15)2-3-8(9)10(16)18/h2-4,6,17H,5,15H2,1H3,(H2,16,18). The molecule has 0 aliphatic carbocycles. The van der Waals surface area contributed by atoms with Crippen molar-refractivity contribution in [2.45, 2.75) is 25.6 Å². The highest BCUT2D eigenvalue weighted by Crippen LogP contribution is 2.25. The van der Waals surface area contributed by atoms with Crippen molar-refractivity contribution in [3.8, 4) is 0 Å². The zero-order chi connectivity index (χ0) is 13.9. The second-order valence-electron chi connectivity index (χ2n) is 4.03. The monoisotopic (exact) mass is 261 g/mol. The molecule has 0 aliphatic rings. The van der Waals surface area contributed by atoms with E-state index >= 15 is 0 Å². The van der Waals surface area contributed by atoms with E-state index in [4.69, 9.17) is 11.5 Å². The van der Waals surface area contributed by atoms with Crippen LogP contribution in [0.15, 0.2) is 18.2 Å². The lowest BCUT2D eigenvalue weighted by Crippen LogP contribution is -2.25. The van der Waals surface area contributed by atoms with Crippen molar-refractivity contribution in [3.63, 3.8) is 0 Å². The predicted molar refractivity (Wildman–Crippen MR) is 63.1 cm³/mol. The van der Waals surface area contributed by atoms with E-state index in [0.717, 1.165) is 0 Å². The van der Waals surface area contributed by atoms with E-state index in [1.54, 1.807) is 0 Å². The molecule has 1 rings (SSSR count). The van der Waals surface area contributed by atoms with Gasteiger partial charge in [0.1, 0.15) is 0 Å². The van der Waals surface area contributed by atoms with E-state index in [2.05, 4.69) is 5.32 Å². The normalized spacial score (nSPS) is 13.1. The van der Waals surface area contributed by atoms with Gasteiger partial charge in [-0.25, -0.2) is 0 Å². The Bertz CT molecular complexity index is 446. The van der Waals surface area contributed by atoms with Crippen molar-refractivity contribution in [2.75, 3.05) is 11.1 Å². The van der Waals surface area contributed by atoms with Gasteiger partial charge >= 0.3 is 6.18 Å². The minimum Gasteiger partial charge on any atom is -0.399 e. The number of rotatable bonds is 4. The first-order chi connectivity index (χ1) is 8.19. The number of alkyl halides is 3. The summed E-state index contributed by atoms with van der Waals surface area (Å²) in [4.78, 5) is 11.1. The van der Waals surface area contributed by atoms with Crippen LogP contribution in [0.1, 0.15) is 23.7 Å². The Morgan fingerprint density at radius 2 is 2.06 bits per heavy atom. The Hall–Kier alpha value is -1.92. The Balaban J connectivity index is 2.89. The maximum absolute atomic E-state index is 12.2. The summed E-state index contributed by atoms with van der Waals surface area (Å²) in [5.41, 5.74) is 11.3. The van der Waals surface area contributed by atoms with Crippen molar-refractivity contribution >= 4 is 17.3 Å². The van der Waals surface area contributed by atoms with Crippen molar-refractivity contribution in [2.24, 2.45) is 5.73 Å². The number of hydrogen-bond donors (Lipinski definition) is 3. The molecule has 0 heterocycles. The first-order valence-corrected chi connectivity index (χ1v) is 5.21. The fourth-order valence-electron chi connectivity index (χ4n) is 1.56. The number of primary amides is 1. The van der Waals surface area contributed by atoms with Gasteiger partial charge in [-0.3, -0.25) is 4.79 Å². The molecule has 0 aromatic heterocycles. The maximum Gasteiger partial charge on any atom is 0.391 e. The summed E-state index contributed by atoms with van der Waals surface area (Å²) in [6.45, 7) is 1.36. The van der Waals surface area contributed by atoms with Crippen LogP contribution in [-0.4, -0.2) is 18.1 Å². The molecule has 0 radical (unpaired) electrons. The van der Waals surface area contributed by atoms with Crippen LogP contribution < -0.4 is 16.8 Å². The molecule has 18 heavy (non-hydrogen) atoms. The number of nitrogens with one attached hydrogen (secondary N) is 1. The van der Waals surface area contributed by atoms with E-state index in [1.165, 1.54) is 25.1 Å². The number of halogens is 3. The van der Waals surface area contributed by atoms with Gasteiger partial charge in [-0.1, -0.05) is 0 Å². The van der Waals surface area contributed by atoms with Gasteiger partial charge in [0.15, 0.2) is 0 Å². The van der Waals surface area contributed by atoms with Crippen LogP contribution in [0.3, 0.4) is 0 Å². The molecule has 0 fully saturated rings. The van der Waals surface area contributed by atoms with Gasteiger partial charge in [0.25, 0.3) is 5.91 Å². The third kappa shape index (κ3) is 4.15. The summed E-state index contributed by atoms with van der Waals surface area (Å²) in [6, 6.07) is 3.33. The van der Waals surface area contributed by atoms with Crippen LogP contribution in [0.4, 0.5) is 24.5 Å². The molecule has 0 aliphatic heterocycles. The predicted octanol–water partition coefficient (Wildman–Crippen LogP) is 2.12. The van der Waals surface area contributed by atoms with Crippen molar-refractivity contribution in [1.82, 2.24) is 0 Å². The van der Waals surface area contributed by atoms with Crippen LogP contribution in [0.5, 0.6) is 0 Å². The van der Waals surface area contributed by atoms with Gasteiger partial charge in [0, 0.05) is 17.4 Å².